The first-order valence-electron chi connectivity index (χ1n) is 37.3. The highest BCUT2D eigenvalue weighted by Crippen LogP contribution is 2.46. The van der Waals surface area contributed by atoms with Crippen molar-refractivity contribution in [1.82, 2.24) is 0 Å². The largest absolute Gasteiger partial charge is 0.494 e. The lowest BCUT2D eigenvalue weighted by molar-refractivity contribution is -0.296. The predicted octanol–water partition coefficient (Wildman–Crippen LogP) is 20.1. The molecule has 0 bridgehead atoms. The second-order valence-electron chi connectivity index (χ2n) is 27.2. The van der Waals surface area contributed by atoms with Crippen LogP contribution in [0.1, 0.15) is 249 Å². The molecule has 0 radical (unpaired) electrons. The summed E-state index contributed by atoms with van der Waals surface area (Å²) in [7, 11) is 0. The summed E-state index contributed by atoms with van der Waals surface area (Å²) in [4.78, 5) is 18.8. The van der Waals surface area contributed by atoms with Crippen molar-refractivity contribution in [3.63, 3.8) is 0 Å². The molecule has 4 aliphatic carbocycles. The number of hydrogen-bond donors (Lipinski definition) is 4. The second kappa shape index (κ2) is 54.7. The van der Waals surface area contributed by atoms with Crippen molar-refractivity contribution < 1.29 is 87.9 Å². The molecular weight excluding hydrogens is 1220 g/mol. The van der Waals surface area contributed by atoms with E-state index in [0.717, 1.165) is 214 Å². The maximum atomic E-state index is 9.90. The highest BCUT2D eigenvalue weighted by molar-refractivity contribution is 5.31. The van der Waals surface area contributed by atoms with Gasteiger partial charge in [0.15, 0.2) is 20.4 Å². The van der Waals surface area contributed by atoms with Gasteiger partial charge < -0.3 is 47.4 Å². The minimum absolute atomic E-state index is 0.0226. The van der Waals surface area contributed by atoms with E-state index in [0.29, 0.717) is 51.3 Å². The van der Waals surface area contributed by atoms with Gasteiger partial charge in [0, 0.05) is 6.61 Å². The summed E-state index contributed by atoms with van der Waals surface area (Å²) in [5, 5.41) is 37.0. The van der Waals surface area contributed by atoms with Crippen molar-refractivity contribution in [2.75, 3.05) is 60.2 Å². The monoisotopic (exact) mass is 1350 g/mol. The van der Waals surface area contributed by atoms with Crippen LogP contribution in [-0.2, 0) is 52.7 Å². The fourth-order valence-electron chi connectivity index (χ4n) is 14.7. The molecule has 4 aliphatic rings. The standard InChI is InChI=1S/C44H66O10.C34H62O8/c1-3-39(53-45)13-9-5-6-11-31-49-40-24-20-38(21-25-40)44(54-46)37-16-14-35(15-17-37)36-18-22-42(23-19-36)51-34-52-43-28-26-41(27-29-43)50-32-12-8-7-10-30-48-33-47-4-2;1-3-32(41-35)15-11-7-5-8-12-16-34(42-36)31-19-17-29(18-20-31)30-21-23-33(24-22-30)40-28-39-26-14-10-6-9-13-25-38-27-37-4-2/h3-4,20-21,24-29,35-37,39,42,44-46H,1-2,5-19,22-23,30-34H2;3-4,29-36H,1-2,5-28H2. The Morgan fingerprint density at radius 2 is 0.698 bits per heavy atom. The van der Waals surface area contributed by atoms with Gasteiger partial charge in [-0.3, -0.25) is 21.0 Å². The molecule has 4 unspecified atom stereocenters. The first-order valence-corrected chi connectivity index (χ1v) is 37.3. The third-order valence-electron chi connectivity index (χ3n) is 20.5. The Kier molecular flexibility index (Phi) is 47.0. The number of benzene rings is 2. The maximum absolute atomic E-state index is 9.90. The lowest BCUT2D eigenvalue weighted by atomic mass is 9.69. The van der Waals surface area contributed by atoms with Crippen LogP contribution >= 0.6 is 0 Å². The molecule has 18 heteroatoms. The molecule has 0 saturated heterocycles. The smallest absolute Gasteiger partial charge is 0.189 e. The Bertz CT molecular complexity index is 2150. The van der Waals surface area contributed by atoms with Gasteiger partial charge in [-0.1, -0.05) is 114 Å². The molecule has 4 fully saturated rings. The molecule has 0 amide bonds. The van der Waals surface area contributed by atoms with Crippen LogP contribution in [0.5, 0.6) is 17.2 Å². The van der Waals surface area contributed by atoms with Crippen molar-refractivity contribution in [2.45, 2.75) is 274 Å². The molecule has 4 saturated carbocycles. The van der Waals surface area contributed by atoms with Crippen LogP contribution in [-0.4, -0.2) is 112 Å². The highest BCUT2D eigenvalue weighted by Gasteiger charge is 2.36. The topological polar surface area (TPSA) is 210 Å². The van der Waals surface area contributed by atoms with Gasteiger partial charge in [0.1, 0.15) is 42.4 Å². The summed E-state index contributed by atoms with van der Waals surface area (Å²) in [5.74, 6) is 6.34. The minimum Gasteiger partial charge on any atom is -0.494 e. The van der Waals surface area contributed by atoms with E-state index in [9.17, 15) is 10.5 Å². The SMILES string of the molecule is C=COCOCCCCCCCOCOC1CCC(C2CCC(C(CCCCCCCC(C=C)OO)OO)CC2)CC1.C=COCOCCCCCCOc1ccc(OCOC2CCC(C3CCC(C(OO)c4ccc(OCCCCCCC(C=C)OO)cc4)CC3)CC2)cc1. The first-order chi connectivity index (χ1) is 47.3. The lowest BCUT2D eigenvalue weighted by Gasteiger charge is -2.39. The van der Waals surface area contributed by atoms with Crippen molar-refractivity contribution >= 4 is 0 Å². The molecule has 6 rings (SSSR count). The summed E-state index contributed by atoms with van der Waals surface area (Å²) >= 11 is 0. The molecule has 548 valence electrons. The number of rotatable bonds is 56. The summed E-state index contributed by atoms with van der Waals surface area (Å²) in [6.07, 6.45) is 46.5. The Morgan fingerprint density at radius 1 is 0.344 bits per heavy atom. The molecule has 4 N–H and O–H groups in total. The van der Waals surface area contributed by atoms with E-state index in [1.807, 2.05) is 48.5 Å². The van der Waals surface area contributed by atoms with E-state index in [1.165, 1.54) is 96.0 Å². The zero-order chi connectivity index (χ0) is 68.1. The Morgan fingerprint density at radius 3 is 1.10 bits per heavy atom. The third-order valence-corrected chi connectivity index (χ3v) is 20.5. The Labute approximate surface area is 577 Å². The van der Waals surface area contributed by atoms with Crippen LogP contribution in [0.2, 0.25) is 0 Å². The lowest BCUT2D eigenvalue weighted by Crippen LogP contribution is -2.32. The second-order valence-corrected chi connectivity index (χ2v) is 27.2. The van der Waals surface area contributed by atoms with Crippen LogP contribution < -0.4 is 14.2 Å². The summed E-state index contributed by atoms with van der Waals surface area (Å²) in [6.45, 7) is 19.1. The van der Waals surface area contributed by atoms with Gasteiger partial charge in [0.2, 0.25) is 0 Å². The normalized spacial score (nSPS) is 22.5. The number of ether oxygens (including phenoxy) is 10. The van der Waals surface area contributed by atoms with Crippen LogP contribution in [0, 0.1) is 35.5 Å². The van der Waals surface area contributed by atoms with Gasteiger partial charge in [-0.25, -0.2) is 19.6 Å². The zero-order valence-corrected chi connectivity index (χ0v) is 58.7. The van der Waals surface area contributed by atoms with Gasteiger partial charge in [-0.15, -0.1) is 13.2 Å². The van der Waals surface area contributed by atoms with E-state index < -0.39 is 0 Å². The van der Waals surface area contributed by atoms with E-state index >= 15 is 0 Å². The predicted molar refractivity (Wildman–Crippen MR) is 375 cm³/mol. The average Bonchev–Trinajstić information content (AvgIpc) is 0.953. The van der Waals surface area contributed by atoms with Crippen molar-refractivity contribution in [3.8, 4) is 17.2 Å². The zero-order valence-electron chi connectivity index (χ0n) is 58.7. The van der Waals surface area contributed by atoms with Crippen molar-refractivity contribution in [1.29, 1.82) is 0 Å². The van der Waals surface area contributed by atoms with E-state index in [1.54, 1.807) is 12.2 Å². The number of unbranched alkanes of at least 4 members (excludes halogenated alkanes) is 14. The molecule has 0 spiro atoms. The molecule has 2 aromatic carbocycles. The van der Waals surface area contributed by atoms with Gasteiger partial charge >= 0.3 is 0 Å². The van der Waals surface area contributed by atoms with Crippen molar-refractivity contribution in [2.24, 2.45) is 35.5 Å². The van der Waals surface area contributed by atoms with Gasteiger partial charge in [-0.05, 0) is 238 Å². The molecule has 0 aromatic heterocycles. The molecule has 0 heterocycles. The first kappa shape index (κ1) is 82.5. The third kappa shape index (κ3) is 35.8. The fraction of sp³-hybridized carbons (Fsp3) is 0.744. The van der Waals surface area contributed by atoms with E-state index in [4.69, 9.17) is 67.7 Å². The molecular formula is C78H128O18. The van der Waals surface area contributed by atoms with E-state index in [-0.39, 0.29) is 44.1 Å². The minimum atomic E-state index is -0.314. The van der Waals surface area contributed by atoms with Crippen LogP contribution in [0.25, 0.3) is 0 Å². The molecule has 0 aliphatic heterocycles. The molecule has 4 atom stereocenters. The van der Waals surface area contributed by atoms with Crippen LogP contribution in [0.4, 0.5) is 0 Å². The summed E-state index contributed by atoms with van der Waals surface area (Å²) in [6, 6.07) is 15.8. The molecule has 2 aromatic rings. The quantitative estimate of drug-likeness (QED) is 0.0121. The van der Waals surface area contributed by atoms with Gasteiger partial charge in [-0.2, -0.15) is 0 Å². The highest BCUT2D eigenvalue weighted by atomic mass is 17.1. The van der Waals surface area contributed by atoms with Crippen LogP contribution in [0.3, 0.4) is 0 Å². The molecule has 18 nitrogen and oxygen atoms in total. The Balaban J connectivity index is 0.000000359. The average molecular weight is 1350 g/mol. The number of hydrogen-bond acceptors (Lipinski definition) is 18. The maximum Gasteiger partial charge on any atom is 0.189 e. The molecule has 96 heavy (non-hydrogen) atoms. The summed E-state index contributed by atoms with van der Waals surface area (Å²) in [5.41, 5.74) is 0.997. The van der Waals surface area contributed by atoms with Gasteiger partial charge in [0.05, 0.1) is 57.3 Å². The summed E-state index contributed by atoms with van der Waals surface area (Å²) < 4.78 is 56.2. The van der Waals surface area contributed by atoms with E-state index in [2.05, 4.69) is 36.1 Å². The fourth-order valence-corrected chi connectivity index (χ4v) is 14.7. The Hall–Kier alpha value is -4.12. The van der Waals surface area contributed by atoms with Crippen molar-refractivity contribution in [3.05, 3.63) is 105 Å². The van der Waals surface area contributed by atoms with Gasteiger partial charge in [0.25, 0.3) is 0 Å². The van der Waals surface area contributed by atoms with Crippen LogP contribution in [0.15, 0.2) is 99.5 Å².